The number of hydrogen-bond donors (Lipinski definition) is 2. The van der Waals surface area contributed by atoms with Crippen molar-refractivity contribution in [2.45, 2.75) is 38.3 Å². The molecule has 2 rings (SSSR count). The molecule has 1 atom stereocenters. The molecule has 2 amide bonds. The molecule has 0 aromatic heterocycles. The van der Waals surface area contributed by atoms with E-state index in [1.165, 1.54) is 7.11 Å². The van der Waals surface area contributed by atoms with E-state index >= 15 is 0 Å². The second kappa shape index (κ2) is 6.12. The summed E-state index contributed by atoms with van der Waals surface area (Å²) in [6.07, 6.45) is 1.70. The zero-order valence-corrected chi connectivity index (χ0v) is 13.3. The van der Waals surface area contributed by atoms with Crippen LogP contribution in [0.15, 0.2) is 18.2 Å². The molecule has 116 valence electrons. The minimum Gasteiger partial charge on any atom is -0.495 e. The third-order valence-corrected chi connectivity index (χ3v) is 4.03. The number of anilines is 1. The van der Waals surface area contributed by atoms with E-state index in [1.807, 2.05) is 0 Å². The second-order valence-electron chi connectivity index (χ2n) is 5.78. The average Bonchev–Trinajstić information content (AvgIpc) is 2.88. The lowest BCUT2D eigenvalue weighted by atomic mass is 9.97. The van der Waals surface area contributed by atoms with Crippen molar-refractivity contribution in [1.82, 2.24) is 4.90 Å². The first-order valence-corrected chi connectivity index (χ1v) is 7.34. The molecule has 2 N–H and O–H groups in total. The minimum atomic E-state index is -0.911. The van der Waals surface area contributed by atoms with Crippen molar-refractivity contribution < 1.29 is 14.6 Å². The van der Waals surface area contributed by atoms with Crippen LogP contribution < -0.4 is 10.1 Å². The van der Waals surface area contributed by atoms with E-state index in [0.717, 1.165) is 12.8 Å². The van der Waals surface area contributed by atoms with E-state index in [2.05, 4.69) is 5.32 Å². The Morgan fingerprint density at radius 3 is 2.81 bits per heavy atom. The van der Waals surface area contributed by atoms with Gasteiger partial charge < -0.3 is 20.1 Å². The first kappa shape index (κ1) is 15.9. The van der Waals surface area contributed by atoms with Crippen molar-refractivity contribution in [1.29, 1.82) is 0 Å². The third kappa shape index (κ3) is 3.60. The van der Waals surface area contributed by atoms with Gasteiger partial charge in [0.25, 0.3) is 0 Å². The van der Waals surface area contributed by atoms with E-state index in [4.69, 9.17) is 16.3 Å². The highest BCUT2D eigenvalue weighted by Crippen LogP contribution is 2.29. The maximum absolute atomic E-state index is 12.4. The van der Waals surface area contributed by atoms with Gasteiger partial charge in [-0.1, -0.05) is 11.6 Å². The predicted octanol–water partition coefficient (Wildman–Crippen LogP) is 3.12. The number of nitrogens with one attached hydrogen (secondary N) is 1. The molecule has 0 bridgehead atoms. The van der Waals surface area contributed by atoms with Crippen LogP contribution in [-0.4, -0.2) is 41.3 Å². The number of likely N-dealkylation sites (tertiary alicyclic amines) is 1. The van der Waals surface area contributed by atoms with E-state index in [9.17, 15) is 9.90 Å². The number of benzene rings is 1. The van der Waals surface area contributed by atoms with Crippen LogP contribution in [0.2, 0.25) is 5.02 Å². The Morgan fingerprint density at radius 2 is 2.24 bits per heavy atom. The summed E-state index contributed by atoms with van der Waals surface area (Å²) in [6.45, 7) is 4.10. The number of rotatable bonds is 3. The number of ether oxygens (including phenoxy) is 1. The molecule has 1 aromatic rings. The van der Waals surface area contributed by atoms with Gasteiger partial charge in [-0.25, -0.2) is 4.79 Å². The summed E-state index contributed by atoms with van der Waals surface area (Å²) in [4.78, 5) is 14.0. The molecule has 5 nitrogen and oxygen atoms in total. The van der Waals surface area contributed by atoms with E-state index < -0.39 is 5.60 Å². The van der Waals surface area contributed by atoms with Crippen LogP contribution in [0.4, 0.5) is 10.5 Å². The Hall–Kier alpha value is -1.46. The molecule has 0 aliphatic carbocycles. The summed E-state index contributed by atoms with van der Waals surface area (Å²) in [5.74, 6) is 0.560. The van der Waals surface area contributed by atoms with Gasteiger partial charge in [-0.05, 0) is 44.9 Å². The Morgan fingerprint density at radius 1 is 1.52 bits per heavy atom. The number of nitrogens with zero attached hydrogens (tertiary/aromatic N) is 1. The molecule has 0 spiro atoms. The quantitative estimate of drug-likeness (QED) is 0.901. The third-order valence-electron chi connectivity index (χ3n) is 3.73. The summed E-state index contributed by atoms with van der Waals surface area (Å²) in [5.41, 5.74) is -0.307. The van der Waals surface area contributed by atoms with Crippen LogP contribution in [0.25, 0.3) is 0 Å². The highest BCUT2D eigenvalue weighted by atomic mass is 35.5. The van der Waals surface area contributed by atoms with Gasteiger partial charge in [-0.15, -0.1) is 0 Å². The van der Waals surface area contributed by atoms with Gasteiger partial charge in [-0.2, -0.15) is 0 Å². The number of aliphatic hydroxyl groups is 1. The molecule has 21 heavy (non-hydrogen) atoms. The molecular formula is C15H21ClN2O3. The highest BCUT2D eigenvalue weighted by Gasteiger charge is 2.38. The monoisotopic (exact) mass is 312 g/mol. The van der Waals surface area contributed by atoms with E-state index in [1.54, 1.807) is 36.9 Å². The first-order chi connectivity index (χ1) is 9.82. The highest BCUT2D eigenvalue weighted by molar-refractivity contribution is 6.32. The molecular weight excluding hydrogens is 292 g/mol. The number of halogens is 1. The summed E-state index contributed by atoms with van der Waals surface area (Å²) in [6, 6.07) is 4.69. The summed E-state index contributed by atoms with van der Waals surface area (Å²) in [7, 11) is 1.54. The van der Waals surface area contributed by atoms with Crippen molar-refractivity contribution in [3.63, 3.8) is 0 Å². The van der Waals surface area contributed by atoms with Crippen molar-refractivity contribution in [3.8, 4) is 5.75 Å². The maximum Gasteiger partial charge on any atom is 0.322 e. The molecule has 1 aromatic carbocycles. The first-order valence-electron chi connectivity index (χ1n) is 6.96. The van der Waals surface area contributed by atoms with Gasteiger partial charge >= 0.3 is 6.03 Å². The van der Waals surface area contributed by atoms with Crippen molar-refractivity contribution in [2.75, 3.05) is 19.0 Å². The fourth-order valence-corrected chi connectivity index (χ4v) is 2.94. The molecule has 0 saturated carbocycles. The molecule has 1 fully saturated rings. The lowest BCUT2D eigenvalue weighted by molar-refractivity contribution is 0.0117. The Bertz CT molecular complexity index is 528. The molecule has 1 aliphatic rings. The molecule has 1 heterocycles. The smallest absolute Gasteiger partial charge is 0.322 e. The fourth-order valence-electron chi connectivity index (χ4n) is 2.68. The van der Waals surface area contributed by atoms with E-state index in [-0.39, 0.29) is 12.1 Å². The average molecular weight is 313 g/mol. The number of carbonyl (C=O) groups excluding carboxylic acids is 1. The minimum absolute atomic E-state index is 0.175. The van der Waals surface area contributed by atoms with Crippen LogP contribution >= 0.6 is 11.6 Å². The molecule has 0 radical (unpaired) electrons. The standard InChI is InChI=1S/C15H21ClN2O3/c1-15(2,20)13-5-4-8-18(13)14(19)17-10-6-7-12(21-3)11(16)9-10/h6-7,9,13,20H,4-5,8H2,1-3H3,(H,17,19). The topological polar surface area (TPSA) is 61.8 Å². The van der Waals surface area contributed by atoms with Crippen LogP contribution in [0.1, 0.15) is 26.7 Å². The number of urea groups is 1. The fraction of sp³-hybridized carbons (Fsp3) is 0.533. The van der Waals surface area contributed by atoms with Gasteiger partial charge in [-0.3, -0.25) is 0 Å². The molecule has 6 heteroatoms. The van der Waals surface area contributed by atoms with Crippen molar-refractivity contribution in [3.05, 3.63) is 23.2 Å². The van der Waals surface area contributed by atoms with Crippen molar-refractivity contribution in [2.24, 2.45) is 0 Å². The largest absolute Gasteiger partial charge is 0.495 e. The van der Waals surface area contributed by atoms with Crippen LogP contribution in [0.3, 0.4) is 0 Å². The SMILES string of the molecule is COc1ccc(NC(=O)N2CCCC2C(C)(C)O)cc1Cl. The normalized spacial score (nSPS) is 18.7. The van der Waals surface area contributed by atoms with Gasteiger partial charge in [0.1, 0.15) is 5.75 Å². The van der Waals surface area contributed by atoms with Gasteiger partial charge in [0.15, 0.2) is 0 Å². The van der Waals surface area contributed by atoms with Gasteiger partial charge in [0.2, 0.25) is 0 Å². The Kier molecular flexibility index (Phi) is 4.64. The zero-order chi connectivity index (χ0) is 15.6. The number of hydrogen-bond acceptors (Lipinski definition) is 3. The maximum atomic E-state index is 12.4. The second-order valence-corrected chi connectivity index (χ2v) is 6.19. The number of amides is 2. The van der Waals surface area contributed by atoms with Crippen LogP contribution in [0, 0.1) is 0 Å². The summed E-state index contributed by atoms with van der Waals surface area (Å²) < 4.78 is 5.08. The molecule has 1 unspecified atom stereocenters. The lowest BCUT2D eigenvalue weighted by Crippen LogP contribution is -2.49. The zero-order valence-electron chi connectivity index (χ0n) is 12.5. The van der Waals surface area contributed by atoms with Crippen molar-refractivity contribution >= 4 is 23.3 Å². The summed E-state index contributed by atoms with van der Waals surface area (Å²) in [5, 5.41) is 13.4. The van der Waals surface area contributed by atoms with E-state index in [0.29, 0.717) is 23.0 Å². The van der Waals surface area contributed by atoms with Gasteiger partial charge in [0.05, 0.1) is 23.8 Å². The Balaban J connectivity index is 2.09. The Labute approximate surface area is 129 Å². The predicted molar refractivity (Wildman–Crippen MR) is 83.0 cm³/mol. The molecule has 1 saturated heterocycles. The number of carbonyl (C=O) groups is 1. The molecule has 1 aliphatic heterocycles. The van der Waals surface area contributed by atoms with Gasteiger partial charge in [0, 0.05) is 12.2 Å². The summed E-state index contributed by atoms with van der Waals surface area (Å²) >= 11 is 6.04. The lowest BCUT2D eigenvalue weighted by Gasteiger charge is -2.33. The number of methoxy groups -OCH3 is 1. The van der Waals surface area contributed by atoms with Crippen LogP contribution in [0.5, 0.6) is 5.75 Å². The van der Waals surface area contributed by atoms with Crippen LogP contribution in [-0.2, 0) is 0 Å².